The predicted octanol–water partition coefficient (Wildman–Crippen LogP) is 4.66. The van der Waals surface area contributed by atoms with Crippen molar-refractivity contribution in [2.45, 2.75) is 6.61 Å². The van der Waals surface area contributed by atoms with Crippen molar-refractivity contribution in [3.63, 3.8) is 0 Å². The lowest BCUT2D eigenvalue weighted by atomic mass is 10.1. The van der Waals surface area contributed by atoms with Gasteiger partial charge in [0, 0.05) is 4.47 Å². The molecule has 0 amide bonds. The molecule has 2 nitrogen and oxygen atoms in total. The second-order valence-corrected chi connectivity index (χ2v) is 5.45. The van der Waals surface area contributed by atoms with E-state index in [1.807, 2.05) is 36.4 Å². The molecule has 0 N–H and O–H groups in total. The van der Waals surface area contributed by atoms with Crippen molar-refractivity contribution in [1.82, 2.24) is 0 Å². The predicted molar refractivity (Wildman–Crippen MR) is 77.3 cm³/mol. The Morgan fingerprint density at radius 1 is 1.11 bits per heavy atom. The van der Waals surface area contributed by atoms with Crippen LogP contribution in [0.5, 0.6) is 5.75 Å². The second-order valence-electron chi connectivity index (χ2n) is 3.68. The summed E-state index contributed by atoms with van der Waals surface area (Å²) in [6.45, 7) is 0.440. The van der Waals surface area contributed by atoms with Crippen LogP contribution in [-0.2, 0) is 6.61 Å². The highest BCUT2D eigenvalue weighted by Gasteiger charge is 2.02. The summed E-state index contributed by atoms with van der Waals surface area (Å²) in [5, 5.41) is 8.82. The van der Waals surface area contributed by atoms with Gasteiger partial charge in [-0.15, -0.1) is 0 Å². The minimum atomic E-state index is 0.440. The Hall–Kier alpha value is -1.31. The molecular formula is C14H9Br2NO. The van der Waals surface area contributed by atoms with Crippen molar-refractivity contribution in [2.24, 2.45) is 0 Å². The summed E-state index contributed by atoms with van der Waals surface area (Å²) < 4.78 is 7.59. The van der Waals surface area contributed by atoms with Gasteiger partial charge in [0.05, 0.1) is 16.1 Å². The van der Waals surface area contributed by atoms with Gasteiger partial charge in [-0.2, -0.15) is 5.26 Å². The van der Waals surface area contributed by atoms with Crippen molar-refractivity contribution in [1.29, 1.82) is 5.26 Å². The van der Waals surface area contributed by atoms with Crippen LogP contribution in [-0.4, -0.2) is 0 Å². The summed E-state index contributed by atoms with van der Waals surface area (Å²) in [5.41, 5.74) is 1.62. The minimum Gasteiger partial charge on any atom is -0.488 e. The highest BCUT2D eigenvalue weighted by Crippen LogP contribution is 2.28. The van der Waals surface area contributed by atoms with Gasteiger partial charge in [0.25, 0.3) is 0 Å². The molecule has 90 valence electrons. The topological polar surface area (TPSA) is 33.0 Å². The molecule has 2 rings (SSSR count). The molecule has 2 aromatic rings. The van der Waals surface area contributed by atoms with Crippen LogP contribution in [0.25, 0.3) is 0 Å². The Balaban J connectivity index is 2.09. The molecule has 2 aromatic carbocycles. The first-order valence-electron chi connectivity index (χ1n) is 5.26. The Morgan fingerprint density at radius 3 is 2.67 bits per heavy atom. The molecule has 0 unspecified atom stereocenters. The molecule has 0 saturated heterocycles. The largest absolute Gasteiger partial charge is 0.488 e. The maximum Gasteiger partial charge on any atom is 0.134 e. The van der Waals surface area contributed by atoms with E-state index in [0.717, 1.165) is 20.3 Å². The van der Waals surface area contributed by atoms with Crippen molar-refractivity contribution in [2.75, 3.05) is 0 Å². The molecule has 0 bridgehead atoms. The van der Waals surface area contributed by atoms with E-state index in [1.165, 1.54) is 0 Å². The molecule has 0 fully saturated rings. The molecule has 0 aliphatic heterocycles. The fourth-order valence-corrected chi connectivity index (χ4v) is 2.65. The smallest absolute Gasteiger partial charge is 0.134 e. The third-order valence-corrected chi connectivity index (χ3v) is 3.46. The standard InChI is InChI=1S/C14H9Br2NO/c15-12-4-5-14(13(16)7-12)18-9-11-3-1-2-10(6-11)8-17/h1-7H,9H2. The Bertz CT molecular complexity index is 605. The van der Waals surface area contributed by atoms with Crippen LogP contribution >= 0.6 is 31.9 Å². The minimum absolute atomic E-state index is 0.440. The van der Waals surface area contributed by atoms with E-state index in [4.69, 9.17) is 10.00 Å². The highest BCUT2D eigenvalue weighted by atomic mass is 79.9. The van der Waals surface area contributed by atoms with Gasteiger partial charge >= 0.3 is 0 Å². The quantitative estimate of drug-likeness (QED) is 0.791. The van der Waals surface area contributed by atoms with E-state index in [2.05, 4.69) is 37.9 Å². The molecule has 0 atom stereocenters. The number of ether oxygens (including phenoxy) is 1. The molecule has 0 aliphatic carbocycles. The number of hydrogen-bond donors (Lipinski definition) is 0. The fourth-order valence-electron chi connectivity index (χ4n) is 1.48. The summed E-state index contributed by atoms with van der Waals surface area (Å²) in [6.07, 6.45) is 0. The van der Waals surface area contributed by atoms with Crippen LogP contribution in [0.1, 0.15) is 11.1 Å². The van der Waals surface area contributed by atoms with Crippen LogP contribution in [0.3, 0.4) is 0 Å². The molecule has 0 spiro atoms. The van der Waals surface area contributed by atoms with E-state index >= 15 is 0 Å². The van der Waals surface area contributed by atoms with Crippen molar-refractivity contribution in [3.05, 3.63) is 62.5 Å². The van der Waals surface area contributed by atoms with E-state index in [9.17, 15) is 0 Å². The van der Waals surface area contributed by atoms with Gasteiger partial charge in [-0.3, -0.25) is 0 Å². The van der Waals surface area contributed by atoms with Crippen molar-refractivity contribution >= 4 is 31.9 Å². The van der Waals surface area contributed by atoms with Crippen molar-refractivity contribution < 1.29 is 4.74 Å². The van der Waals surface area contributed by atoms with Crippen LogP contribution in [0.2, 0.25) is 0 Å². The van der Waals surface area contributed by atoms with Gasteiger partial charge in [-0.05, 0) is 51.8 Å². The van der Waals surface area contributed by atoms with Crippen molar-refractivity contribution in [3.8, 4) is 11.8 Å². The molecular weight excluding hydrogens is 358 g/mol. The molecule has 0 aromatic heterocycles. The molecule has 0 aliphatic rings. The lowest BCUT2D eigenvalue weighted by molar-refractivity contribution is 0.304. The molecule has 0 radical (unpaired) electrons. The van der Waals surface area contributed by atoms with Crippen LogP contribution in [0, 0.1) is 11.3 Å². The van der Waals surface area contributed by atoms with E-state index < -0.39 is 0 Å². The summed E-state index contributed by atoms with van der Waals surface area (Å²) in [6, 6.07) is 15.3. The third-order valence-electron chi connectivity index (χ3n) is 2.34. The number of nitrogens with zero attached hydrogens (tertiary/aromatic N) is 1. The summed E-state index contributed by atoms with van der Waals surface area (Å²) in [5.74, 6) is 0.778. The third kappa shape index (κ3) is 3.34. The first-order chi connectivity index (χ1) is 8.69. The average Bonchev–Trinajstić information content (AvgIpc) is 2.38. The lowest BCUT2D eigenvalue weighted by Gasteiger charge is -2.08. The molecule has 0 saturated carbocycles. The van der Waals surface area contributed by atoms with Gasteiger partial charge in [0.2, 0.25) is 0 Å². The van der Waals surface area contributed by atoms with E-state index in [1.54, 1.807) is 6.07 Å². The first kappa shape index (κ1) is 13.1. The number of benzene rings is 2. The maximum atomic E-state index is 8.82. The zero-order valence-electron chi connectivity index (χ0n) is 9.36. The van der Waals surface area contributed by atoms with Crippen LogP contribution in [0.4, 0.5) is 0 Å². The zero-order chi connectivity index (χ0) is 13.0. The number of hydrogen-bond acceptors (Lipinski definition) is 2. The van der Waals surface area contributed by atoms with E-state index in [0.29, 0.717) is 12.2 Å². The first-order valence-corrected chi connectivity index (χ1v) is 6.84. The number of halogens is 2. The fraction of sp³-hybridized carbons (Fsp3) is 0.0714. The van der Waals surface area contributed by atoms with E-state index in [-0.39, 0.29) is 0 Å². The lowest BCUT2D eigenvalue weighted by Crippen LogP contribution is -1.96. The van der Waals surface area contributed by atoms with Gasteiger partial charge < -0.3 is 4.74 Å². The SMILES string of the molecule is N#Cc1cccc(COc2ccc(Br)cc2Br)c1. The van der Waals surface area contributed by atoms with Crippen LogP contribution < -0.4 is 4.74 Å². The molecule has 18 heavy (non-hydrogen) atoms. The molecule has 4 heteroatoms. The van der Waals surface area contributed by atoms with Gasteiger partial charge in [-0.25, -0.2) is 0 Å². The summed E-state index contributed by atoms with van der Waals surface area (Å²) in [7, 11) is 0. The van der Waals surface area contributed by atoms with Gasteiger partial charge in [-0.1, -0.05) is 28.1 Å². The van der Waals surface area contributed by atoms with Crippen LogP contribution in [0.15, 0.2) is 51.4 Å². The Kier molecular flexibility index (Phi) is 4.40. The average molecular weight is 367 g/mol. The normalized spacial score (nSPS) is 9.83. The number of rotatable bonds is 3. The summed E-state index contributed by atoms with van der Waals surface area (Å²) >= 11 is 6.83. The Morgan fingerprint density at radius 2 is 1.94 bits per heavy atom. The summed E-state index contributed by atoms with van der Waals surface area (Å²) in [4.78, 5) is 0. The second kappa shape index (κ2) is 6.03. The maximum absolute atomic E-state index is 8.82. The van der Waals surface area contributed by atoms with Gasteiger partial charge in [0.1, 0.15) is 12.4 Å². The highest BCUT2D eigenvalue weighted by molar-refractivity contribution is 9.11. The molecule has 0 heterocycles. The monoisotopic (exact) mass is 365 g/mol. The zero-order valence-corrected chi connectivity index (χ0v) is 12.5. The van der Waals surface area contributed by atoms with Gasteiger partial charge in [0.15, 0.2) is 0 Å². The Labute approximate surface area is 122 Å². The number of nitriles is 1.